The SMILES string of the molecule is C=CC(=O)N(NC(=O)c1ccccc1)C(C)(C)C. The Morgan fingerprint density at radius 2 is 1.78 bits per heavy atom. The van der Waals surface area contributed by atoms with Gasteiger partial charge in [0, 0.05) is 5.56 Å². The molecule has 0 spiro atoms. The lowest BCUT2D eigenvalue weighted by molar-refractivity contribution is -0.133. The van der Waals surface area contributed by atoms with Crippen LogP contribution in [0.5, 0.6) is 0 Å². The molecule has 2 amide bonds. The normalized spacial score (nSPS) is 10.6. The highest BCUT2D eigenvalue weighted by Gasteiger charge is 2.26. The summed E-state index contributed by atoms with van der Waals surface area (Å²) in [4.78, 5) is 23.7. The largest absolute Gasteiger partial charge is 0.269 e. The van der Waals surface area contributed by atoms with E-state index < -0.39 is 5.54 Å². The topological polar surface area (TPSA) is 49.4 Å². The van der Waals surface area contributed by atoms with Crippen molar-refractivity contribution in [1.29, 1.82) is 0 Å². The summed E-state index contributed by atoms with van der Waals surface area (Å²) in [5.41, 5.74) is 2.58. The molecular weight excluding hydrogens is 228 g/mol. The Kier molecular flexibility index (Phi) is 4.26. The molecule has 96 valence electrons. The quantitative estimate of drug-likeness (QED) is 0.642. The Labute approximate surface area is 107 Å². The number of benzene rings is 1. The van der Waals surface area contributed by atoms with E-state index in [1.807, 2.05) is 26.8 Å². The minimum atomic E-state index is -0.518. The Morgan fingerprint density at radius 1 is 1.22 bits per heavy atom. The van der Waals surface area contributed by atoms with Crippen LogP contribution in [0.2, 0.25) is 0 Å². The van der Waals surface area contributed by atoms with Gasteiger partial charge < -0.3 is 0 Å². The van der Waals surface area contributed by atoms with Crippen LogP contribution in [-0.2, 0) is 4.79 Å². The van der Waals surface area contributed by atoms with E-state index in [1.165, 1.54) is 11.1 Å². The van der Waals surface area contributed by atoms with Gasteiger partial charge in [-0.3, -0.25) is 15.0 Å². The molecule has 4 heteroatoms. The van der Waals surface area contributed by atoms with Crippen LogP contribution in [-0.4, -0.2) is 22.4 Å². The number of carbonyl (C=O) groups excluding carboxylic acids is 2. The Bertz CT molecular complexity index is 447. The van der Waals surface area contributed by atoms with Crippen molar-refractivity contribution in [2.75, 3.05) is 0 Å². The fourth-order valence-corrected chi connectivity index (χ4v) is 1.40. The number of hydrogen-bond acceptors (Lipinski definition) is 2. The van der Waals surface area contributed by atoms with Crippen LogP contribution in [0.15, 0.2) is 43.0 Å². The van der Waals surface area contributed by atoms with Crippen LogP contribution < -0.4 is 5.43 Å². The summed E-state index contributed by atoms with van der Waals surface area (Å²) in [5.74, 6) is -0.660. The van der Waals surface area contributed by atoms with Gasteiger partial charge in [0.25, 0.3) is 11.8 Å². The van der Waals surface area contributed by atoms with Crippen molar-refractivity contribution in [1.82, 2.24) is 10.4 Å². The first kappa shape index (κ1) is 14.0. The summed E-state index contributed by atoms with van der Waals surface area (Å²) in [5, 5.41) is 1.27. The second-order valence-electron chi connectivity index (χ2n) is 4.86. The van der Waals surface area contributed by atoms with Gasteiger partial charge >= 0.3 is 0 Å². The lowest BCUT2D eigenvalue weighted by atomic mass is 10.1. The van der Waals surface area contributed by atoms with Crippen LogP contribution in [0, 0.1) is 0 Å². The third-order valence-electron chi connectivity index (χ3n) is 2.32. The summed E-state index contributed by atoms with van der Waals surface area (Å²) in [6, 6.07) is 8.74. The molecule has 0 aliphatic heterocycles. The van der Waals surface area contributed by atoms with E-state index in [0.717, 1.165) is 0 Å². The van der Waals surface area contributed by atoms with Crippen molar-refractivity contribution >= 4 is 11.8 Å². The Hall–Kier alpha value is -2.10. The maximum Gasteiger partial charge on any atom is 0.269 e. The van der Waals surface area contributed by atoms with E-state index in [0.29, 0.717) is 5.56 Å². The first-order valence-electron chi connectivity index (χ1n) is 5.69. The highest BCUT2D eigenvalue weighted by atomic mass is 16.2. The molecule has 1 rings (SSSR count). The number of amides is 2. The van der Waals surface area contributed by atoms with Gasteiger partial charge in [0.2, 0.25) is 0 Å². The first-order chi connectivity index (χ1) is 8.36. The minimum absolute atomic E-state index is 0.319. The zero-order valence-electron chi connectivity index (χ0n) is 10.9. The zero-order chi connectivity index (χ0) is 13.8. The second kappa shape index (κ2) is 5.49. The molecular formula is C14H18N2O2. The summed E-state index contributed by atoms with van der Waals surface area (Å²) < 4.78 is 0. The van der Waals surface area contributed by atoms with Crippen LogP contribution in [0.4, 0.5) is 0 Å². The molecule has 4 nitrogen and oxygen atoms in total. The molecule has 1 aromatic rings. The maximum absolute atomic E-state index is 12.0. The fourth-order valence-electron chi connectivity index (χ4n) is 1.40. The molecule has 0 radical (unpaired) electrons. The number of nitrogens with one attached hydrogen (secondary N) is 1. The van der Waals surface area contributed by atoms with E-state index in [1.54, 1.807) is 24.3 Å². The van der Waals surface area contributed by atoms with Crippen molar-refractivity contribution in [3.8, 4) is 0 Å². The number of hydrogen-bond donors (Lipinski definition) is 1. The van der Waals surface area contributed by atoms with Crippen LogP contribution in [0.1, 0.15) is 31.1 Å². The van der Waals surface area contributed by atoms with Gasteiger partial charge in [0.1, 0.15) is 0 Å². The fraction of sp³-hybridized carbons (Fsp3) is 0.286. The van der Waals surface area contributed by atoms with Gasteiger partial charge in [-0.1, -0.05) is 24.8 Å². The zero-order valence-corrected chi connectivity index (χ0v) is 10.9. The molecule has 0 saturated carbocycles. The molecule has 0 heterocycles. The number of hydrazine groups is 1. The van der Waals surface area contributed by atoms with Gasteiger partial charge in [-0.25, -0.2) is 5.01 Å². The number of rotatable bonds is 2. The van der Waals surface area contributed by atoms with Gasteiger partial charge in [-0.2, -0.15) is 0 Å². The molecule has 0 aliphatic carbocycles. The summed E-state index contributed by atoms with van der Waals surface area (Å²) in [6.45, 7) is 8.93. The predicted molar refractivity (Wildman–Crippen MR) is 70.7 cm³/mol. The Balaban J connectivity index is 2.89. The average Bonchev–Trinajstić information content (AvgIpc) is 2.34. The van der Waals surface area contributed by atoms with Crippen LogP contribution in [0.3, 0.4) is 0 Å². The molecule has 1 aromatic carbocycles. The molecule has 0 fully saturated rings. The van der Waals surface area contributed by atoms with Crippen molar-refractivity contribution < 1.29 is 9.59 Å². The molecule has 0 aromatic heterocycles. The summed E-state index contributed by atoms with van der Waals surface area (Å²) in [6.07, 6.45) is 1.18. The van der Waals surface area contributed by atoms with E-state index in [4.69, 9.17) is 0 Å². The molecule has 0 aliphatic rings. The van der Waals surface area contributed by atoms with Gasteiger partial charge in [-0.15, -0.1) is 0 Å². The molecule has 0 saturated heterocycles. The van der Waals surface area contributed by atoms with E-state index in [-0.39, 0.29) is 11.8 Å². The summed E-state index contributed by atoms with van der Waals surface area (Å²) in [7, 11) is 0. The van der Waals surface area contributed by atoms with E-state index >= 15 is 0 Å². The smallest absolute Gasteiger partial charge is 0.268 e. The molecule has 0 atom stereocenters. The second-order valence-corrected chi connectivity index (χ2v) is 4.86. The van der Waals surface area contributed by atoms with Crippen molar-refractivity contribution in [2.24, 2.45) is 0 Å². The van der Waals surface area contributed by atoms with Crippen molar-refractivity contribution in [3.63, 3.8) is 0 Å². The average molecular weight is 246 g/mol. The van der Waals surface area contributed by atoms with Crippen molar-refractivity contribution in [3.05, 3.63) is 48.6 Å². The van der Waals surface area contributed by atoms with Crippen LogP contribution >= 0.6 is 0 Å². The number of carbonyl (C=O) groups is 2. The third-order valence-corrected chi connectivity index (χ3v) is 2.32. The predicted octanol–water partition coefficient (Wildman–Crippen LogP) is 2.14. The third kappa shape index (κ3) is 3.45. The molecule has 0 unspecified atom stereocenters. The maximum atomic E-state index is 12.0. The lowest BCUT2D eigenvalue weighted by Gasteiger charge is -2.34. The summed E-state index contributed by atoms with van der Waals surface area (Å²) >= 11 is 0. The van der Waals surface area contributed by atoms with E-state index in [9.17, 15) is 9.59 Å². The minimum Gasteiger partial charge on any atom is -0.268 e. The van der Waals surface area contributed by atoms with Crippen LogP contribution in [0.25, 0.3) is 0 Å². The monoisotopic (exact) mass is 246 g/mol. The highest BCUT2D eigenvalue weighted by Crippen LogP contribution is 2.12. The molecule has 0 bridgehead atoms. The van der Waals surface area contributed by atoms with Gasteiger partial charge in [0.15, 0.2) is 0 Å². The lowest BCUT2D eigenvalue weighted by Crippen LogP contribution is -2.55. The molecule has 1 N–H and O–H groups in total. The van der Waals surface area contributed by atoms with Gasteiger partial charge in [0.05, 0.1) is 5.54 Å². The van der Waals surface area contributed by atoms with Gasteiger partial charge in [-0.05, 0) is 39.0 Å². The highest BCUT2D eigenvalue weighted by molar-refractivity contribution is 5.96. The van der Waals surface area contributed by atoms with E-state index in [2.05, 4.69) is 12.0 Å². The molecule has 18 heavy (non-hydrogen) atoms. The van der Waals surface area contributed by atoms with Crippen molar-refractivity contribution in [2.45, 2.75) is 26.3 Å². The Morgan fingerprint density at radius 3 is 2.22 bits per heavy atom. The first-order valence-corrected chi connectivity index (χ1v) is 5.69. The number of nitrogens with zero attached hydrogens (tertiary/aromatic N) is 1. The standard InChI is InChI=1S/C14H18N2O2/c1-5-12(17)16(14(2,3)4)15-13(18)11-9-7-6-8-10-11/h5-10H,1H2,2-4H3,(H,15,18).